The van der Waals surface area contributed by atoms with Crippen LogP contribution in [0.1, 0.15) is 5.56 Å². The van der Waals surface area contributed by atoms with Gasteiger partial charge in [0.1, 0.15) is 11.6 Å². The summed E-state index contributed by atoms with van der Waals surface area (Å²) in [5.41, 5.74) is -0.0747. The fraction of sp³-hybridized carbons (Fsp3) is 0.0909. The van der Waals surface area contributed by atoms with Crippen LogP contribution in [0.2, 0.25) is 0 Å². The van der Waals surface area contributed by atoms with Crippen molar-refractivity contribution in [3.05, 3.63) is 41.0 Å². The van der Waals surface area contributed by atoms with Crippen molar-refractivity contribution in [2.75, 3.05) is 7.11 Å². The van der Waals surface area contributed by atoms with Crippen molar-refractivity contribution in [1.29, 1.82) is 5.26 Å². The van der Waals surface area contributed by atoms with Crippen LogP contribution in [0, 0.1) is 23.0 Å². The Balaban J connectivity index is 3.10. The maximum absolute atomic E-state index is 12.8. The number of hydrogen-bond acceptors (Lipinski definition) is 3. The zero-order valence-electron chi connectivity index (χ0n) is 8.33. The van der Waals surface area contributed by atoms with Gasteiger partial charge in [0, 0.05) is 0 Å². The standard InChI is InChI=1S/C11H7F2NO2/c1-16-11(15)8(6-14)4-7-2-3-9(12)10(13)5-7/h2-5H,1H3. The van der Waals surface area contributed by atoms with Gasteiger partial charge < -0.3 is 4.74 Å². The summed E-state index contributed by atoms with van der Waals surface area (Å²) in [7, 11) is 1.12. The molecule has 0 aromatic heterocycles. The Hall–Kier alpha value is -2.22. The van der Waals surface area contributed by atoms with Gasteiger partial charge in [0.05, 0.1) is 7.11 Å². The van der Waals surface area contributed by atoms with Gasteiger partial charge in [-0.3, -0.25) is 0 Å². The lowest BCUT2D eigenvalue weighted by atomic mass is 10.1. The number of carbonyl (C=O) groups excluding carboxylic acids is 1. The first-order valence-electron chi connectivity index (χ1n) is 4.23. The van der Waals surface area contributed by atoms with Crippen LogP contribution in [0.25, 0.3) is 6.08 Å². The van der Waals surface area contributed by atoms with E-state index < -0.39 is 17.6 Å². The quantitative estimate of drug-likeness (QED) is 0.438. The number of esters is 1. The molecule has 3 nitrogen and oxygen atoms in total. The van der Waals surface area contributed by atoms with Gasteiger partial charge in [0.2, 0.25) is 0 Å². The van der Waals surface area contributed by atoms with Gasteiger partial charge in [-0.1, -0.05) is 6.07 Å². The lowest BCUT2D eigenvalue weighted by Crippen LogP contribution is -2.02. The molecule has 1 aromatic rings. The molecule has 0 amide bonds. The number of methoxy groups -OCH3 is 1. The van der Waals surface area contributed by atoms with E-state index >= 15 is 0 Å². The summed E-state index contributed by atoms with van der Waals surface area (Å²) >= 11 is 0. The molecule has 0 saturated heterocycles. The molecule has 1 aromatic carbocycles. The highest BCUT2D eigenvalue weighted by Gasteiger charge is 2.09. The maximum Gasteiger partial charge on any atom is 0.348 e. The highest BCUT2D eigenvalue weighted by atomic mass is 19.2. The predicted octanol–water partition coefficient (Wildman–Crippen LogP) is 2.04. The van der Waals surface area contributed by atoms with Crippen molar-refractivity contribution < 1.29 is 18.3 Å². The van der Waals surface area contributed by atoms with E-state index in [1.54, 1.807) is 6.07 Å². The number of carbonyl (C=O) groups is 1. The van der Waals surface area contributed by atoms with Gasteiger partial charge in [-0.25, -0.2) is 13.6 Å². The Morgan fingerprint density at radius 1 is 1.44 bits per heavy atom. The van der Waals surface area contributed by atoms with E-state index in [1.807, 2.05) is 0 Å². The van der Waals surface area contributed by atoms with Crippen molar-refractivity contribution in [3.63, 3.8) is 0 Å². The van der Waals surface area contributed by atoms with Crippen LogP contribution >= 0.6 is 0 Å². The molecule has 0 fully saturated rings. The molecule has 0 heterocycles. The van der Waals surface area contributed by atoms with Gasteiger partial charge in [-0.15, -0.1) is 0 Å². The van der Waals surface area contributed by atoms with Crippen LogP contribution in [-0.4, -0.2) is 13.1 Å². The smallest absolute Gasteiger partial charge is 0.348 e. The number of ether oxygens (including phenoxy) is 1. The molecule has 1 rings (SSSR count). The first-order chi connectivity index (χ1) is 7.58. The van der Waals surface area contributed by atoms with Crippen LogP contribution in [-0.2, 0) is 9.53 Å². The van der Waals surface area contributed by atoms with Crippen LogP contribution < -0.4 is 0 Å². The molecule has 0 aliphatic carbocycles. The lowest BCUT2D eigenvalue weighted by molar-refractivity contribution is -0.135. The summed E-state index contributed by atoms with van der Waals surface area (Å²) in [5.74, 6) is -2.86. The summed E-state index contributed by atoms with van der Waals surface area (Å²) in [6, 6.07) is 4.65. The van der Waals surface area contributed by atoms with E-state index in [-0.39, 0.29) is 11.1 Å². The third kappa shape index (κ3) is 2.64. The zero-order valence-corrected chi connectivity index (χ0v) is 8.33. The van der Waals surface area contributed by atoms with Gasteiger partial charge in [0.25, 0.3) is 0 Å². The predicted molar refractivity (Wildman–Crippen MR) is 52.0 cm³/mol. The van der Waals surface area contributed by atoms with E-state index in [2.05, 4.69) is 4.74 Å². The summed E-state index contributed by atoms with van der Waals surface area (Å²) in [6.07, 6.45) is 1.12. The number of rotatable bonds is 2. The number of nitrogens with zero attached hydrogens (tertiary/aromatic N) is 1. The molecule has 0 aliphatic rings. The Labute approximate surface area is 90.6 Å². The highest BCUT2D eigenvalue weighted by Crippen LogP contribution is 2.12. The van der Waals surface area contributed by atoms with Gasteiger partial charge in [-0.2, -0.15) is 5.26 Å². The largest absolute Gasteiger partial charge is 0.465 e. The van der Waals surface area contributed by atoms with Gasteiger partial charge >= 0.3 is 5.97 Å². The molecule has 16 heavy (non-hydrogen) atoms. The summed E-state index contributed by atoms with van der Waals surface area (Å²) in [4.78, 5) is 11.0. The summed E-state index contributed by atoms with van der Waals surface area (Å²) in [5, 5.41) is 8.63. The molecule has 0 unspecified atom stereocenters. The van der Waals surface area contributed by atoms with Crippen molar-refractivity contribution >= 4 is 12.0 Å². The SMILES string of the molecule is COC(=O)C(C#N)=Cc1ccc(F)c(F)c1. The molecule has 0 spiro atoms. The van der Waals surface area contributed by atoms with E-state index in [1.165, 1.54) is 6.07 Å². The Morgan fingerprint density at radius 2 is 2.12 bits per heavy atom. The minimum Gasteiger partial charge on any atom is -0.465 e. The number of nitriles is 1. The number of hydrogen-bond donors (Lipinski definition) is 0. The van der Waals surface area contributed by atoms with E-state index in [4.69, 9.17) is 5.26 Å². The molecule has 0 saturated carbocycles. The fourth-order valence-electron chi connectivity index (χ4n) is 1.02. The van der Waals surface area contributed by atoms with Crippen LogP contribution in [0.4, 0.5) is 8.78 Å². The van der Waals surface area contributed by atoms with E-state index in [0.717, 1.165) is 25.3 Å². The summed E-state index contributed by atoms with van der Waals surface area (Å²) in [6.45, 7) is 0. The fourth-order valence-corrected chi connectivity index (χ4v) is 1.02. The van der Waals surface area contributed by atoms with Crippen LogP contribution in [0.15, 0.2) is 23.8 Å². The Morgan fingerprint density at radius 3 is 2.62 bits per heavy atom. The van der Waals surface area contributed by atoms with Crippen molar-refractivity contribution in [2.24, 2.45) is 0 Å². The molecule has 0 bridgehead atoms. The average Bonchev–Trinajstić information content (AvgIpc) is 2.29. The van der Waals surface area contributed by atoms with Gasteiger partial charge in [-0.05, 0) is 23.8 Å². The van der Waals surface area contributed by atoms with Crippen LogP contribution in [0.5, 0.6) is 0 Å². The van der Waals surface area contributed by atoms with Gasteiger partial charge in [0.15, 0.2) is 11.6 Å². The third-order valence-corrected chi connectivity index (χ3v) is 1.78. The Kier molecular flexibility index (Phi) is 3.72. The van der Waals surface area contributed by atoms with Crippen molar-refractivity contribution in [1.82, 2.24) is 0 Å². The normalized spacial score (nSPS) is 10.8. The molecule has 5 heteroatoms. The van der Waals surface area contributed by atoms with E-state index in [0.29, 0.717) is 0 Å². The number of benzene rings is 1. The Bertz CT molecular complexity index is 489. The molecule has 0 radical (unpaired) electrons. The topological polar surface area (TPSA) is 50.1 Å². The highest BCUT2D eigenvalue weighted by molar-refractivity contribution is 5.97. The van der Waals surface area contributed by atoms with Crippen LogP contribution in [0.3, 0.4) is 0 Å². The second-order valence-electron chi connectivity index (χ2n) is 2.83. The molecule has 0 atom stereocenters. The first kappa shape index (κ1) is 11.9. The zero-order chi connectivity index (χ0) is 12.1. The molecule has 0 aliphatic heterocycles. The maximum atomic E-state index is 12.8. The molecule has 82 valence electrons. The van der Waals surface area contributed by atoms with Crippen molar-refractivity contribution in [2.45, 2.75) is 0 Å². The monoisotopic (exact) mass is 223 g/mol. The summed E-state index contributed by atoms with van der Waals surface area (Å²) < 4.78 is 29.7. The molecular formula is C11H7F2NO2. The second kappa shape index (κ2) is 5.03. The second-order valence-corrected chi connectivity index (χ2v) is 2.83. The number of halogens is 2. The average molecular weight is 223 g/mol. The third-order valence-electron chi connectivity index (χ3n) is 1.78. The minimum absolute atomic E-state index is 0.209. The molecular weight excluding hydrogens is 216 g/mol. The minimum atomic E-state index is -1.05. The first-order valence-corrected chi connectivity index (χ1v) is 4.23. The lowest BCUT2D eigenvalue weighted by Gasteiger charge is -1.98. The molecule has 0 N–H and O–H groups in total. The van der Waals surface area contributed by atoms with Crippen molar-refractivity contribution in [3.8, 4) is 6.07 Å². The van der Waals surface area contributed by atoms with E-state index in [9.17, 15) is 13.6 Å².